The van der Waals surface area contributed by atoms with Gasteiger partial charge in [0, 0.05) is 23.6 Å². The number of halogens is 1. The van der Waals surface area contributed by atoms with Gasteiger partial charge in [0.05, 0.1) is 21.7 Å². The maximum Gasteiger partial charge on any atom is 0.271 e. The molecular formula is C21H21FN4O4S2. The number of nitro benzene ring substituents is 1. The van der Waals surface area contributed by atoms with Crippen LogP contribution in [0, 0.1) is 21.8 Å². The normalized spacial score (nSPS) is 15.5. The monoisotopic (exact) mass is 476 g/mol. The van der Waals surface area contributed by atoms with Gasteiger partial charge in [0.1, 0.15) is 10.6 Å². The molecule has 1 N–H and O–H groups in total. The summed E-state index contributed by atoms with van der Waals surface area (Å²) in [4.78, 5) is 42.4. The zero-order valence-electron chi connectivity index (χ0n) is 17.5. The molecular weight excluding hydrogens is 455 g/mol. The number of carbonyl (C=O) groups excluding carboxylic acids is 1. The Balaban J connectivity index is 1.57. The van der Waals surface area contributed by atoms with Crippen LogP contribution in [0.2, 0.25) is 0 Å². The Hall–Kier alpha value is -2.79. The first-order valence-corrected chi connectivity index (χ1v) is 12.0. The number of rotatable bonds is 6. The summed E-state index contributed by atoms with van der Waals surface area (Å²) in [7, 11) is 0. The second kappa shape index (κ2) is 8.99. The summed E-state index contributed by atoms with van der Waals surface area (Å²) >= 11 is 2.62. The number of benzene rings is 1. The second-order valence-corrected chi connectivity index (χ2v) is 9.76. The summed E-state index contributed by atoms with van der Waals surface area (Å²) in [5, 5.41) is 14.4. The summed E-state index contributed by atoms with van der Waals surface area (Å²) in [6.45, 7) is 4.46. The Morgan fingerprint density at radius 1 is 1.47 bits per heavy atom. The van der Waals surface area contributed by atoms with Gasteiger partial charge in [-0.15, -0.1) is 11.3 Å². The van der Waals surface area contributed by atoms with Crippen molar-refractivity contribution < 1.29 is 14.1 Å². The van der Waals surface area contributed by atoms with Crippen LogP contribution < -0.4 is 10.9 Å². The highest BCUT2D eigenvalue weighted by atomic mass is 32.2. The molecule has 1 aliphatic rings. The lowest BCUT2D eigenvalue weighted by molar-refractivity contribution is -0.384. The topological polar surface area (TPSA) is 107 Å². The third-order valence-corrected chi connectivity index (χ3v) is 7.59. The molecule has 0 bridgehead atoms. The van der Waals surface area contributed by atoms with E-state index in [0.717, 1.165) is 54.8 Å². The molecule has 32 heavy (non-hydrogen) atoms. The summed E-state index contributed by atoms with van der Waals surface area (Å²) in [6.07, 6.45) is 2.87. The average Bonchev–Trinajstić information content (AvgIpc) is 3.11. The number of hydrogen-bond donors (Lipinski definition) is 1. The number of non-ortho nitro benzene ring substituents is 1. The van der Waals surface area contributed by atoms with Gasteiger partial charge >= 0.3 is 0 Å². The Bertz CT molecular complexity index is 1290. The standard InChI is InChI=1S/C21H21FN4O4S2/c1-3-25-20(28)18-13-6-4-11(2)8-16(13)32-19(18)24-21(25)31-10-17(27)23-15-9-12(26(29)30)5-7-14(15)22/h5,7,9,11H,3-4,6,8,10H2,1-2H3,(H,23,27). The van der Waals surface area contributed by atoms with Crippen LogP contribution in [0.25, 0.3) is 10.2 Å². The molecule has 0 spiro atoms. The van der Waals surface area contributed by atoms with Crippen molar-refractivity contribution in [1.29, 1.82) is 0 Å². The number of aromatic nitrogens is 2. The lowest BCUT2D eigenvalue weighted by Crippen LogP contribution is -2.24. The molecule has 0 aliphatic heterocycles. The van der Waals surface area contributed by atoms with Gasteiger partial charge in [-0.3, -0.25) is 24.3 Å². The number of thiophene rings is 1. The first-order chi connectivity index (χ1) is 15.3. The van der Waals surface area contributed by atoms with Crippen molar-refractivity contribution in [2.24, 2.45) is 5.92 Å². The van der Waals surface area contributed by atoms with Gasteiger partial charge in [0.15, 0.2) is 5.16 Å². The largest absolute Gasteiger partial charge is 0.323 e. The van der Waals surface area contributed by atoms with Gasteiger partial charge in [-0.1, -0.05) is 18.7 Å². The number of aryl methyl sites for hydroxylation is 1. The van der Waals surface area contributed by atoms with E-state index in [9.17, 15) is 24.1 Å². The minimum absolute atomic E-state index is 0.0998. The van der Waals surface area contributed by atoms with Crippen molar-refractivity contribution in [3.05, 3.63) is 54.9 Å². The summed E-state index contributed by atoms with van der Waals surface area (Å²) in [5.41, 5.74) is 0.425. The van der Waals surface area contributed by atoms with Crippen LogP contribution in [0.5, 0.6) is 0 Å². The van der Waals surface area contributed by atoms with E-state index in [4.69, 9.17) is 0 Å². The maximum absolute atomic E-state index is 13.9. The number of hydrogen-bond acceptors (Lipinski definition) is 7. The first kappa shape index (κ1) is 22.4. The molecule has 3 aromatic rings. The molecule has 2 heterocycles. The quantitative estimate of drug-likeness (QED) is 0.245. The Morgan fingerprint density at radius 3 is 2.97 bits per heavy atom. The molecule has 0 saturated heterocycles. The number of nitrogens with zero attached hydrogens (tertiary/aromatic N) is 3. The van der Waals surface area contributed by atoms with Crippen molar-refractivity contribution >= 4 is 50.6 Å². The molecule has 8 nitrogen and oxygen atoms in total. The minimum atomic E-state index is -0.766. The zero-order chi connectivity index (χ0) is 23.0. The molecule has 0 fully saturated rings. The van der Waals surface area contributed by atoms with E-state index in [0.29, 0.717) is 27.8 Å². The highest BCUT2D eigenvalue weighted by Crippen LogP contribution is 2.36. The van der Waals surface area contributed by atoms with E-state index in [1.165, 1.54) is 4.88 Å². The van der Waals surface area contributed by atoms with Crippen LogP contribution in [0.15, 0.2) is 28.2 Å². The van der Waals surface area contributed by atoms with Crippen molar-refractivity contribution in [2.45, 2.75) is 44.8 Å². The molecule has 2 aromatic heterocycles. The first-order valence-electron chi connectivity index (χ1n) is 10.2. The van der Waals surface area contributed by atoms with E-state index < -0.39 is 16.6 Å². The van der Waals surface area contributed by atoms with Crippen molar-refractivity contribution in [1.82, 2.24) is 9.55 Å². The molecule has 0 radical (unpaired) electrons. The lowest BCUT2D eigenvalue weighted by atomic mass is 9.89. The fourth-order valence-corrected chi connectivity index (χ4v) is 6.12. The third-order valence-electron chi connectivity index (χ3n) is 5.46. The highest BCUT2D eigenvalue weighted by Gasteiger charge is 2.24. The summed E-state index contributed by atoms with van der Waals surface area (Å²) in [5.74, 6) is -0.860. The number of amides is 1. The van der Waals surface area contributed by atoms with Crippen LogP contribution in [0.4, 0.5) is 15.8 Å². The fraction of sp³-hybridized carbons (Fsp3) is 0.381. The van der Waals surface area contributed by atoms with Crippen LogP contribution in [-0.2, 0) is 24.2 Å². The molecule has 168 valence electrons. The second-order valence-electron chi connectivity index (χ2n) is 7.73. The van der Waals surface area contributed by atoms with Crippen LogP contribution in [-0.4, -0.2) is 26.1 Å². The molecule has 1 amide bonds. The number of carbonyl (C=O) groups is 1. The Labute approximate surface area is 191 Å². The predicted octanol–water partition coefficient (Wildman–Crippen LogP) is 4.38. The molecule has 1 aromatic carbocycles. The van der Waals surface area contributed by atoms with E-state index >= 15 is 0 Å². The average molecular weight is 477 g/mol. The van der Waals surface area contributed by atoms with E-state index in [2.05, 4.69) is 17.2 Å². The van der Waals surface area contributed by atoms with Gasteiger partial charge in [-0.25, -0.2) is 9.37 Å². The smallest absolute Gasteiger partial charge is 0.271 e. The minimum Gasteiger partial charge on any atom is -0.323 e. The van der Waals surface area contributed by atoms with Crippen molar-refractivity contribution in [2.75, 3.05) is 11.1 Å². The number of fused-ring (bicyclic) bond motifs is 3. The van der Waals surface area contributed by atoms with E-state index in [1.807, 2.05) is 6.92 Å². The van der Waals surface area contributed by atoms with Crippen LogP contribution in [0.1, 0.15) is 30.7 Å². The Kier molecular flexibility index (Phi) is 6.29. The summed E-state index contributed by atoms with van der Waals surface area (Å²) < 4.78 is 15.5. The SMILES string of the molecule is CCn1c(SCC(=O)Nc2cc([N+](=O)[O-])ccc2F)nc2sc3c(c2c1=O)CCC(C)C3. The number of thioether (sulfide) groups is 1. The molecule has 1 unspecified atom stereocenters. The van der Waals surface area contributed by atoms with Gasteiger partial charge in [-0.2, -0.15) is 0 Å². The Morgan fingerprint density at radius 2 is 2.25 bits per heavy atom. The van der Waals surface area contributed by atoms with Gasteiger partial charge in [0.25, 0.3) is 11.2 Å². The van der Waals surface area contributed by atoms with Gasteiger partial charge < -0.3 is 5.32 Å². The molecule has 4 rings (SSSR count). The molecule has 1 aliphatic carbocycles. The van der Waals surface area contributed by atoms with Crippen LogP contribution in [0.3, 0.4) is 0 Å². The summed E-state index contributed by atoms with van der Waals surface area (Å²) in [6, 6.07) is 2.94. The number of nitro groups is 1. The molecule has 0 saturated carbocycles. The third kappa shape index (κ3) is 4.26. The zero-order valence-corrected chi connectivity index (χ0v) is 19.1. The predicted molar refractivity (Wildman–Crippen MR) is 123 cm³/mol. The number of anilines is 1. The maximum atomic E-state index is 13.9. The van der Waals surface area contributed by atoms with Crippen LogP contribution >= 0.6 is 23.1 Å². The number of nitrogens with one attached hydrogen (secondary N) is 1. The fourth-order valence-electron chi connectivity index (χ4n) is 3.83. The van der Waals surface area contributed by atoms with E-state index in [1.54, 1.807) is 15.9 Å². The van der Waals surface area contributed by atoms with Crippen molar-refractivity contribution in [3.63, 3.8) is 0 Å². The lowest BCUT2D eigenvalue weighted by Gasteiger charge is -2.17. The van der Waals surface area contributed by atoms with Gasteiger partial charge in [-0.05, 0) is 43.7 Å². The molecule has 11 heteroatoms. The van der Waals surface area contributed by atoms with Crippen molar-refractivity contribution in [3.8, 4) is 0 Å². The highest BCUT2D eigenvalue weighted by molar-refractivity contribution is 7.99. The molecule has 1 atom stereocenters. The van der Waals surface area contributed by atoms with E-state index in [-0.39, 0.29) is 22.7 Å². The van der Waals surface area contributed by atoms with Gasteiger partial charge in [0.2, 0.25) is 5.91 Å².